The summed E-state index contributed by atoms with van der Waals surface area (Å²) >= 11 is 0. The third-order valence-electron chi connectivity index (χ3n) is 5.88. The quantitative estimate of drug-likeness (QED) is 0.257. The predicted molar refractivity (Wildman–Crippen MR) is 129 cm³/mol. The molecule has 0 amide bonds. The maximum absolute atomic E-state index is 13.4. The van der Waals surface area contributed by atoms with E-state index in [1.165, 1.54) is 51.4 Å². The van der Waals surface area contributed by atoms with Crippen molar-refractivity contribution in [2.75, 3.05) is 13.1 Å². The molecule has 0 bridgehead atoms. The van der Waals surface area contributed by atoms with E-state index in [0.29, 0.717) is 18.0 Å². The molecule has 0 spiro atoms. The standard InChI is InChI=1S/C26H41NO2S/c1-3-5-7-9-11-15-21-27(22-16-12-10-8-6-4-2)30(28,29)26-20-19-24-17-13-14-18-25(24)23-26/h13-14,17-20,23H,3-12,15-16,21-22H2,1-2H3. The molecular weight excluding hydrogens is 390 g/mol. The highest BCUT2D eigenvalue weighted by atomic mass is 32.2. The zero-order valence-corrected chi connectivity index (χ0v) is 19.9. The minimum Gasteiger partial charge on any atom is -0.207 e. The van der Waals surface area contributed by atoms with E-state index in [-0.39, 0.29) is 0 Å². The Balaban J connectivity index is 2.03. The lowest BCUT2D eigenvalue weighted by molar-refractivity contribution is 0.383. The monoisotopic (exact) mass is 431 g/mol. The highest BCUT2D eigenvalue weighted by molar-refractivity contribution is 7.89. The summed E-state index contributed by atoms with van der Waals surface area (Å²) < 4.78 is 28.6. The number of sulfonamides is 1. The Labute approximate surface area is 184 Å². The van der Waals surface area contributed by atoms with Crippen molar-refractivity contribution >= 4 is 20.8 Å². The third kappa shape index (κ3) is 8.03. The van der Waals surface area contributed by atoms with E-state index in [1.807, 2.05) is 36.4 Å². The summed E-state index contributed by atoms with van der Waals surface area (Å²) in [5.74, 6) is 0. The highest BCUT2D eigenvalue weighted by Crippen LogP contribution is 2.23. The summed E-state index contributed by atoms with van der Waals surface area (Å²) in [7, 11) is -3.45. The van der Waals surface area contributed by atoms with E-state index in [4.69, 9.17) is 0 Å². The molecule has 30 heavy (non-hydrogen) atoms. The summed E-state index contributed by atoms with van der Waals surface area (Å²) in [6.45, 7) is 5.71. The Morgan fingerprint density at radius 1 is 0.633 bits per heavy atom. The first-order valence-corrected chi connectivity index (χ1v) is 13.5. The van der Waals surface area contributed by atoms with Crippen molar-refractivity contribution in [3.63, 3.8) is 0 Å². The van der Waals surface area contributed by atoms with Gasteiger partial charge in [0.25, 0.3) is 0 Å². The maximum Gasteiger partial charge on any atom is 0.243 e. The van der Waals surface area contributed by atoms with Crippen LogP contribution in [0, 0.1) is 0 Å². The number of rotatable bonds is 16. The Kier molecular flexibility index (Phi) is 11.5. The van der Waals surface area contributed by atoms with E-state index in [2.05, 4.69) is 13.8 Å². The molecule has 0 aliphatic carbocycles. The lowest BCUT2D eigenvalue weighted by Crippen LogP contribution is -2.33. The molecule has 0 radical (unpaired) electrons. The number of hydrogen-bond donors (Lipinski definition) is 0. The summed E-state index contributed by atoms with van der Waals surface area (Å²) in [6.07, 6.45) is 14.1. The van der Waals surface area contributed by atoms with Gasteiger partial charge in [-0.05, 0) is 35.7 Å². The SMILES string of the molecule is CCCCCCCCN(CCCCCCCC)S(=O)(=O)c1ccc2ccccc2c1. The number of nitrogens with zero attached hydrogens (tertiary/aromatic N) is 1. The molecule has 3 nitrogen and oxygen atoms in total. The fourth-order valence-corrected chi connectivity index (χ4v) is 5.52. The Morgan fingerprint density at radius 3 is 1.70 bits per heavy atom. The zero-order valence-electron chi connectivity index (χ0n) is 19.1. The van der Waals surface area contributed by atoms with Crippen LogP contribution in [-0.2, 0) is 10.0 Å². The lowest BCUT2D eigenvalue weighted by atomic mass is 10.1. The molecule has 0 N–H and O–H groups in total. The van der Waals surface area contributed by atoms with Gasteiger partial charge in [0, 0.05) is 13.1 Å². The fourth-order valence-electron chi connectivity index (χ4n) is 3.97. The number of unbranched alkanes of at least 4 members (excludes halogenated alkanes) is 10. The van der Waals surface area contributed by atoms with Gasteiger partial charge in [0.1, 0.15) is 0 Å². The van der Waals surface area contributed by atoms with Gasteiger partial charge in [-0.1, -0.05) is 108 Å². The van der Waals surface area contributed by atoms with Crippen molar-refractivity contribution < 1.29 is 8.42 Å². The summed E-state index contributed by atoms with van der Waals surface area (Å²) in [4.78, 5) is 0.429. The Morgan fingerprint density at radius 2 is 1.13 bits per heavy atom. The Bertz CT molecular complexity index is 816. The maximum atomic E-state index is 13.4. The van der Waals surface area contributed by atoms with Crippen LogP contribution in [0.4, 0.5) is 0 Å². The number of benzene rings is 2. The van der Waals surface area contributed by atoms with Crippen molar-refractivity contribution in [2.24, 2.45) is 0 Å². The lowest BCUT2D eigenvalue weighted by Gasteiger charge is -2.22. The minimum absolute atomic E-state index is 0.429. The van der Waals surface area contributed by atoms with Crippen LogP contribution in [0.3, 0.4) is 0 Å². The molecule has 0 aliphatic rings. The van der Waals surface area contributed by atoms with Gasteiger partial charge < -0.3 is 0 Å². The van der Waals surface area contributed by atoms with Crippen LogP contribution in [0.5, 0.6) is 0 Å². The highest BCUT2D eigenvalue weighted by Gasteiger charge is 2.24. The summed E-state index contributed by atoms with van der Waals surface area (Å²) in [6, 6.07) is 13.5. The largest absolute Gasteiger partial charge is 0.243 e. The number of hydrogen-bond acceptors (Lipinski definition) is 2. The molecule has 0 aliphatic heterocycles. The van der Waals surface area contributed by atoms with Crippen LogP contribution in [0.15, 0.2) is 47.4 Å². The van der Waals surface area contributed by atoms with Gasteiger partial charge >= 0.3 is 0 Å². The second-order valence-electron chi connectivity index (χ2n) is 8.45. The van der Waals surface area contributed by atoms with Crippen LogP contribution in [0.25, 0.3) is 10.8 Å². The summed E-state index contributed by atoms with van der Waals surface area (Å²) in [5.41, 5.74) is 0. The smallest absolute Gasteiger partial charge is 0.207 e. The first kappa shape index (κ1) is 24.9. The molecule has 4 heteroatoms. The predicted octanol–water partition coefficient (Wildman–Crippen LogP) is 7.55. The normalized spacial score (nSPS) is 12.1. The average molecular weight is 432 g/mol. The van der Waals surface area contributed by atoms with E-state index < -0.39 is 10.0 Å². The van der Waals surface area contributed by atoms with E-state index in [1.54, 1.807) is 10.4 Å². The molecule has 2 aromatic rings. The van der Waals surface area contributed by atoms with Crippen LogP contribution >= 0.6 is 0 Å². The second kappa shape index (κ2) is 13.8. The van der Waals surface area contributed by atoms with Crippen LogP contribution in [0.1, 0.15) is 90.9 Å². The zero-order chi connectivity index (χ0) is 21.7. The van der Waals surface area contributed by atoms with Crippen molar-refractivity contribution in [2.45, 2.75) is 95.8 Å². The molecule has 2 rings (SSSR count). The van der Waals surface area contributed by atoms with Crippen LogP contribution in [0.2, 0.25) is 0 Å². The van der Waals surface area contributed by atoms with E-state index >= 15 is 0 Å². The van der Waals surface area contributed by atoms with Gasteiger partial charge in [-0.2, -0.15) is 4.31 Å². The first-order valence-electron chi connectivity index (χ1n) is 12.1. The van der Waals surface area contributed by atoms with Gasteiger partial charge in [0.05, 0.1) is 4.90 Å². The molecule has 168 valence electrons. The van der Waals surface area contributed by atoms with Gasteiger partial charge in [-0.15, -0.1) is 0 Å². The van der Waals surface area contributed by atoms with Gasteiger partial charge in [0.15, 0.2) is 0 Å². The topological polar surface area (TPSA) is 37.4 Å². The molecule has 0 saturated carbocycles. The van der Waals surface area contributed by atoms with Crippen LogP contribution in [-0.4, -0.2) is 25.8 Å². The molecule has 2 aromatic carbocycles. The van der Waals surface area contributed by atoms with Crippen molar-refractivity contribution in [1.82, 2.24) is 4.31 Å². The van der Waals surface area contributed by atoms with Gasteiger partial charge in [-0.3, -0.25) is 0 Å². The van der Waals surface area contributed by atoms with Crippen LogP contribution < -0.4 is 0 Å². The molecule has 0 fully saturated rings. The van der Waals surface area contributed by atoms with E-state index in [0.717, 1.165) is 36.5 Å². The summed E-state index contributed by atoms with van der Waals surface area (Å²) in [5, 5.41) is 2.06. The fraction of sp³-hybridized carbons (Fsp3) is 0.615. The second-order valence-corrected chi connectivity index (χ2v) is 10.4. The van der Waals surface area contributed by atoms with Gasteiger partial charge in [0.2, 0.25) is 10.0 Å². The molecule has 0 unspecified atom stereocenters. The number of fused-ring (bicyclic) bond motifs is 1. The average Bonchev–Trinajstić information content (AvgIpc) is 2.76. The van der Waals surface area contributed by atoms with Crippen molar-refractivity contribution in [3.8, 4) is 0 Å². The molecule has 0 aromatic heterocycles. The molecular formula is C26H41NO2S. The first-order chi connectivity index (χ1) is 14.6. The molecule has 0 atom stereocenters. The van der Waals surface area contributed by atoms with E-state index in [9.17, 15) is 8.42 Å². The van der Waals surface area contributed by atoms with Gasteiger partial charge in [-0.25, -0.2) is 8.42 Å². The Hall–Kier alpha value is -1.39. The van der Waals surface area contributed by atoms with Crippen molar-refractivity contribution in [1.29, 1.82) is 0 Å². The minimum atomic E-state index is -3.45. The third-order valence-corrected chi connectivity index (χ3v) is 7.78. The van der Waals surface area contributed by atoms with Crippen molar-refractivity contribution in [3.05, 3.63) is 42.5 Å². The molecule has 0 saturated heterocycles. The molecule has 0 heterocycles.